The Morgan fingerprint density at radius 2 is 1.58 bits per heavy atom. The Balaban J connectivity index is 1.87. The molecule has 0 fully saturated rings. The third kappa shape index (κ3) is 6.00. The highest BCUT2D eigenvalue weighted by Crippen LogP contribution is 2.16. The van der Waals surface area contributed by atoms with E-state index in [1.54, 1.807) is 0 Å². The van der Waals surface area contributed by atoms with Crippen LogP contribution in [0.2, 0.25) is 0 Å². The second kappa shape index (κ2) is 8.62. The van der Waals surface area contributed by atoms with E-state index in [1.807, 2.05) is 31.2 Å². The first-order valence-electron chi connectivity index (χ1n) is 8.19. The predicted molar refractivity (Wildman–Crippen MR) is 100 cm³/mol. The number of nitrogens with one attached hydrogen (secondary N) is 2. The van der Waals surface area contributed by atoms with Gasteiger partial charge in [0.25, 0.3) is 0 Å². The summed E-state index contributed by atoms with van der Waals surface area (Å²) >= 11 is 0. The van der Waals surface area contributed by atoms with Crippen LogP contribution in [0, 0.1) is 6.92 Å². The molecule has 138 valence electrons. The van der Waals surface area contributed by atoms with Crippen LogP contribution in [0.5, 0.6) is 0 Å². The molecule has 2 aromatic carbocycles. The maximum absolute atomic E-state index is 12.3. The van der Waals surface area contributed by atoms with Crippen molar-refractivity contribution in [1.82, 2.24) is 5.32 Å². The number of amides is 2. The van der Waals surface area contributed by atoms with Crippen LogP contribution in [0.25, 0.3) is 0 Å². The van der Waals surface area contributed by atoms with Crippen LogP contribution in [0.3, 0.4) is 0 Å². The Morgan fingerprint density at radius 3 is 2.15 bits per heavy atom. The number of carbonyl (C=O) groups is 2. The molecule has 0 aliphatic heterocycles. The normalized spacial score (nSPS) is 11.0. The Kier molecular flexibility index (Phi) is 6.52. The molecule has 0 radical (unpaired) electrons. The van der Waals surface area contributed by atoms with E-state index in [-0.39, 0.29) is 28.9 Å². The molecular weight excluding hydrogens is 352 g/mol. The highest BCUT2D eigenvalue weighted by Gasteiger charge is 2.16. The van der Waals surface area contributed by atoms with Gasteiger partial charge in [0.1, 0.15) is 0 Å². The Hall–Kier alpha value is -2.67. The molecule has 6 nitrogen and oxygen atoms in total. The Bertz CT molecular complexity index is 873. The highest BCUT2D eigenvalue weighted by molar-refractivity contribution is 7.91. The van der Waals surface area contributed by atoms with Crippen molar-refractivity contribution >= 4 is 27.3 Å². The van der Waals surface area contributed by atoms with Crippen molar-refractivity contribution in [2.75, 3.05) is 11.1 Å². The van der Waals surface area contributed by atoms with Gasteiger partial charge in [0, 0.05) is 25.6 Å². The molecule has 0 saturated heterocycles. The summed E-state index contributed by atoms with van der Waals surface area (Å²) in [6.07, 6.45) is -0.109. The zero-order valence-electron chi connectivity index (χ0n) is 14.8. The molecule has 0 aliphatic carbocycles. The van der Waals surface area contributed by atoms with Gasteiger partial charge in [-0.15, -0.1) is 0 Å². The van der Waals surface area contributed by atoms with Gasteiger partial charge in [-0.05, 0) is 36.8 Å². The maximum Gasteiger partial charge on any atom is 0.221 e. The fraction of sp³-hybridized carbons (Fsp3) is 0.263. The van der Waals surface area contributed by atoms with Crippen LogP contribution in [-0.4, -0.2) is 26.0 Å². The van der Waals surface area contributed by atoms with E-state index in [1.165, 1.54) is 31.2 Å². The number of hydrogen-bond donors (Lipinski definition) is 2. The molecule has 2 N–H and O–H groups in total. The molecule has 0 saturated carbocycles. The fourth-order valence-corrected chi connectivity index (χ4v) is 3.53. The molecule has 7 heteroatoms. The first-order chi connectivity index (χ1) is 12.3. The lowest BCUT2D eigenvalue weighted by Gasteiger charge is -2.08. The van der Waals surface area contributed by atoms with Gasteiger partial charge in [-0.3, -0.25) is 9.59 Å². The molecule has 0 unspecified atom stereocenters. The smallest absolute Gasteiger partial charge is 0.221 e. The van der Waals surface area contributed by atoms with Gasteiger partial charge < -0.3 is 10.6 Å². The predicted octanol–water partition coefficient (Wildman–Crippen LogP) is 2.43. The molecule has 0 aliphatic rings. The number of sulfone groups is 1. The second-order valence-electron chi connectivity index (χ2n) is 6.04. The molecular formula is C19H22N2O4S. The van der Waals surface area contributed by atoms with Crippen molar-refractivity contribution in [2.45, 2.75) is 31.7 Å². The van der Waals surface area contributed by atoms with Crippen LogP contribution in [0.15, 0.2) is 53.4 Å². The number of benzene rings is 2. The largest absolute Gasteiger partial charge is 0.352 e. The summed E-state index contributed by atoms with van der Waals surface area (Å²) in [4.78, 5) is 23.0. The third-order valence-corrected chi connectivity index (χ3v) is 5.47. The van der Waals surface area contributed by atoms with Gasteiger partial charge in [-0.25, -0.2) is 8.42 Å². The van der Waals surface area contributed by atoms with E-state index in [4.69, 9.17) is 0 Å². The summed E-state index contributed by atoms with van der Waals surface area (Å²) in [5, 5.41) is 5.29. The molecule has 0 spiro atoms. The number of anilines is 1. The molecule has 2 aromatic rings. The van der Waals surface area contributed by atoms with Crippen LogP contribution < -0.4 is 10.6 Å². The molecule has 0 heterocycles. The van der Waals surface area contributed by atoms with Crippen molar-refractivity contribution in [3.05, 3.63) is 59.7 Å². The molecule has 2 amide bonds. The quantitative estimate of drug-likeness (QED) is 0.778. The average molecular weight is 374 g/mol. The van der Waals surface area contributed by atoms with Crippen molar-refractivity contribution in [2.24, 2.45) is 0 Å². The minimum Gasteiger partial charge on any atom is -0.352 e. The number of rotatable bonds is 7. The van der Waals surface area contributed by atoms with Crippen molar-refractivity contribution in [3.63, 3.8) is 0 Å². The molecule has 0 atom stereocenters. The van der Waals surface area contributed by atoms with Crippen LogP contribution in [0.1, 0.15) is 24.5 Å². The SMILES string of the molecule is CC(=O)Nc1ccc(S(=O)(=O)CCC(=O)NCc2ccc(C)cc2)cc1. The molecule has 26 heavy (non-hydrogen) atoms. The summed E-state index contributed by atoms with van der Waals surface area (Å²) in [7, 11) is -3.56. The van der Waals surface area contributed by atoms with Crippen LogP contribution in [-0.2, 0) is 26.0 Å². The van der Waals surface area contributed by atoms with E-state index in [9.17, 15) is 18.0 Å². The number of aryl methyl sites for hydroxylation is 1. The van der Waals surface area contributed by atoms with Crippen molar-refractivity contribution in [3.8, 4) is 0 Å². The minimum absolute atomic E-state index is 0.109. The molecule has 0 aromatic heterocycles. The van der Waals surface area contributed by atoms with E-state index in [2.05, 4.69) is 10.6 Å². The number of hydrogen-bond acceptors (Lipinski definition) is 4. The molecule has 0 bridgehead atoms. The van der Waals surface area contributed by atoms with E-state index in [0.717, 1.165) is 11.1 Å². The van der Waals surface area contributed by atoms with E-state index < -0.39 is 9.84 Å². The highest BCUT2D eigenvalue weighted by atomic mass is 32.2. The van der Waals surface area contributed by atoms with Gasteiger partial charge in [0.05, 0.1) is 10.6 Å². The summed E-state index contributed by atoms with van der Waals surface area (Å²) in [6.45, 7) is 3.72. The van der Waals surface area contributed by atoms with Gasteiger partial charge >= 0.3 is 0 Å². The lowest BCUT2D eigenvalue weighted by atomic mass is 10.1. The summed E-state index contributed by atoms with van der Waals surface area (Å²) in [6, 6.07) is 13.6. The monoisotopic (exact) mass is 374 g/mol. The minimum atomic E-state index is -3.56. The summed E-state index contributed by atoms with van der Waals surface area (Å²) < 4.78 is 24.6. The Morgan fingerprint density at radius 1 is 0.962 bits per heavy atom. The van der Waals surface area contributed by atoms with Crippen molar-refractivity contribution < 1.29 is 18.0 Å². The van der Waals surface area contributed by atoms with E-state index in [0.29, 0.717) is 12.2 Å². The lowest BCUT2D eigenvalue weighted by Crippen LogP contribution is -2.25. The van der Waals surface area contributed by atoms with Gasteiger partial charge in [-0.1, -0.05) is 29.8 Å². The Labute approximate surface area is 153 Å². The summed E-state index contributed by atoms with van der Waals surface area (Å²) in [5.74, 6) is -0.818. The second-order valence-corrected chi connectivity index (χ2v) is 8.15. The van der Waals surface area contributed by atoms with Gasteiger partial charge in [0.2, 0.25) is 11.8 Å². The van der Waals surface area contributed by atoms with Crippen molar-refractivity contribution in [1.29, 1.82) is 0 Å². The topological polar surface area (TPSA) is 92.3 Å². The fourth-order valence-electron chi connectivity index (χ4n) is 2.29. The average Bonchev–Trinajstić information content (AvgIpc) is 2.59. The van der Waals surface area contributed by atoms with Gasteiger partial charge in [-0.2, -0.15) is 0 Å². The van der Waals surface area contributed by atoms with E-state index >= 15 is 0 Å². The standard InChI is InChI=1S/C19H22N2O4S/c1-14-3-5-16(6-4-14)13-20-19(23)11-12-26(24,25)18-9-7-17(8-10-18)21-15(2)22/h3-10H,11-13H2,1-2H3,(H,20,23)(H,21,22). The first kappa shape index (κ1) is 19.7. The third-order valence-electron chi connectivity index (χ3n) is 3.74. The number of carbonyl (C=O) groups excluding carboxylic acids is 2. The zero-order valence-corrected chi connectivity index (χ0v) is 15.6. The molecule has 2 rings (SSSR count). The van der Waals surface area contributed by atoms with Gasteiger partial charge in [0.15, 0.2) is 9.84 Å². The van der Waals surface area contributed by atoms with Crippen LogP contribution in [0.4, 0.5) is 5.69 Å². The maximum atomic E-state index is 12.3. The van der Waals surface area contributed by atoms with Crippen LogP contribution >= 0.6 is 0 Å². The summed E-state index contributed by atoms with van der Waals surface area (Å²) in [5.41, 5.74) is 2.61. The first-order valence-corrected chi connectivity index (χ1v) is 9.84. The zero-order chi connectivity index (χ0) is 19.2. The lowest BCUT2D eigenvalue weighted by molar-refractivity contribution is -0.120.